The van der Waals surface area contributed by atoms with Gasteiger partial charge in [-0.05, 0) is 31.0 Å². The second-order valence-electron chi connectivity index (χ2n) is 5.40. The number of furan rings is 1. The summed E-state index contributed by atoms with van der Waals surface area (Å²) in [5, 5.41) is 1.89. The maximum absolute atomic E-state index is 11.6. The van der Waals surface area contributed by atoms with E-state index >= 15 is 0 Å². The van der Waals surface area contributed by atoms with Gasteiger partial charge < -0.3 is 23.0 Å². The van der Waals surface area contributed by atoms with E-state index in [1.165, 1.54) is 6.07 Å². The lowest BCUT2D eigenvalue weighted by Gasteiger charge is -2.08. The van der Waals surface area contributed by atoms with Crippen LogP contribution in [0.25, 0.3) is 21.9 Å². The van der Waals surface area contributed by atoms with Crippen LogP contribution in [0.15, 0.2) is 44.2 Å². The second-order valence-corrected chi connectivity index (χ2v) is 5.40. The Bertz CT molecular complexity index is 847. The molecule has 0 saturated heterocycles. The summed E-state index contributed by atoms with van der Waals surface area (Å²) in [5.41, 5.74) is 1.88. The first-order chi connectivity index (χ1) is 11.8. The summed E-state index contributed by atoms with van der Waals surface area (Å²) in [5.74, 6) is 0. The molecule has 6 heteroatoms. The standard InChI is InChI=1S/C18H20O6/c1-20-9-10-22-12-21-7-2-3-15-17-14(6-8-23-17)11-13-4-5-16(19)24-18(13)15/h4-6,8,11H,2-3,7,9-10,12H2,1H3. The molecule has 0 fully saturated rings. The van der Waals surface area contributed by atoms with Crippen molar-refractivity contribution in [3.63, 3.8) is 0 Å². The van der Waals surface area contributed by atoms with Crippen LogP contribution in [0.1, 0.15) is 12.0 Å². The van der Waals surface area contributed by atoms with Crippen molar-refractivity contribution >= 4 is 21.9 Å². The van der Waals surface area contributed by atoms with Gasteiger partial charge in [0.2, 0.25) is 0 Å². The van der Waals surface area contributed by atoms with Gasteiger partial charge in [-0.3, -0.25) is 0 Å². The molecular weight excluding hydrogens is 312 g/mol. The average molecular weight is 332 g/mol. The zero-order valence-corrected chi connectivity index (χ0v) is 13.6. The van der Waals surface area contributed by atoms with Crippen molar-refractivity contribution in [2.24, 2.45) is 0 Å². The van der Waals surface area contributed by atoms with E-state index in [-0.39, 0.29) is 12.4 Å². The molecule has 0 amide bonds. The van der Waals surface area contributed by atoms with E-state index in [0.29, 0.717) is 31.8 Å². The Labute approximate surface area is 138 Å². The number of methoxy groups -OCH3 is 1. The Hall–Kier alpha value is -2.15. The Kier molecular flexibility index (Phi) is 5.63. The predicted octanol–water partition coefficient (Wildman–Crippen LogP) is 3.11. The molecule has 0 aliphatic heterocycles. The minimum absolute atomic E-state index is 0.240. The summed E-state index contributed by atoms with van der Waals surface area (Å²) in [6.07, 6.45) is 3.10. The van der Waals surface area contributed by atoms with Gasteiger partial charge in [0.15, 0.2) is 0 Å². The van der Waals surface area contributed by atoms with Crippen molar-refractivity contribution < 1.29 is 23.0 Å². The first kappa shape index (κ1) is 16.7. The fourth-order valence-electron chi connectivity index (χ4n) is 2.62. The maximum atomic E-state index is 11.6. The van der Waals surface area contributed by atoms with E-state index in [0.717, 1.165) is 28.3 Å². The molecule has 24 heavy (non-hydrogen) atoms. The first-order valence-electron chi connectivity index (χ1n) is 7.87. The molecule has 0 N–H and O–H groups in total. The number of hydrogen-bond acceptors (Lipinski definition) is 6. The number of aryl methyl sites for hydroxylation is 1. The molecule has 0 bridgehead atoms. The van der Waals surface area contributed by atoms with Gasteiger partial charge in [0.05, 0.1) is 19.5 Å². The molecule has 0 radical (unpaired) electrons. The van der Waals surface area contributed by atoms with Crippen LogP contribution in [0, 0.1) is 0 Å². The van der Waals surface area contributed by atoms with E-state index in [2.05, 4.69) is 0 Å². The molecule has 0 spiro atoms. The lowest BCUT2D eigenvalue weighted by Crippen LogP contribution is -2.07. The fourth-order valence-corrected chi connectivity index (χ4v) is 2.62. The van der Waals surface area contributed by atoms with Gasteiger partial charge >= 0.3 is 5.63 Å². The second kappa shape index (κ2) is 8.10. The predicted molar refractivity (Wildman–Crippen MR) is 89.2 cm³/mol. The van der Waals surface area contributed by atoms with Crippen molar-refractivity contribution in [1.29, 1.82) is 0 Å². The van der Waals surface area contributed by atoms with E-state index in [1.807, 2.05) is 12.1 Å². The quantitative estimate of drug-likeness (QED) is 0.341. The van der Waals surface area contributed by atoms with Gasteiger partial charge in [0.25, 0.3) is 0 Å². The van der Waals surface area contributed by atoms with Crippen LogP contribution >= 0.6 is 0 Å². The normalized spacial score (nSPS) is 11.5. The Morgan fingerprint density at radius 1 is 1.00 bits per heavy atom. The van der Waals surface area contributed by atoms with Gasteiger partial charge in [-0.1, -0.05) is 0 Å². The average Bonchev–Trinajstić information content (AvgIpc) is 3.05. The van der Waals surface area contributed by atoms with Crippen LogP contribution in [0.3, 0.4) is 0 Å². The summed E-state index contributed by atoms with van der Waals surface area (Å²) >= 11 is 0. The number of benzene rings is 1. The van der Waals surface area contributed by atoms with Crippen molar-refractivity contribution in [2.75, 3.05) is 33.7 Å². The van der Waals surface area contributed by atoms with Crippen LogP contribution in [0.5, 0.6) is 0 Å². The zero-order chi connectivity index (χ0) is 16.8. The lowest BCUT2D eigenvalue weighted by molar-refractivity contribution is -0.0660. The van der Waals surface area contributed by atoms with E-state index < -0.39 is 0 Å². The van der Waals surface area contributed by atoms with Gasteiger partial charge in [0.1, 0.15) is 18.0 Å². The number of ether oxygens (including phenoxy) is 3. The van der Waals surface area contributed by atoms with Crippen LogP contribution in [-0.4, -0.2) is 33.7 Å². The highest BCUT2D eigenvalue weighted by Gasteiger charge is 2.12. The topological polar surface area (TPSA) is 71.0 Å². The number of hydrogen-bond donors (Lipinski definition) is 0. The van der Waals surface area contributed by atoms with Crippen molar-refractivity contribution in [3.05, 3.63) is 46.5 Å². The molecule has 6 nitrogen and oxygen atoms in total. The molecule has 0 saturated carbocycles. The zero-order valence-electron chi connectivity index (χ0n) is 13.6. The number of fused-ring (bicyclic) bond motifs is 2. The van der Waals surface area contributed by atoms with Gasteiger partial charge in [0, 0.05) is 36.1 Å². The monoisotopic (exact) mass is 332 g/mol. The number of rotatable bonds is 9. The highest BCUT2D eigenvalue weighted by molar-refractivity contribution is 5.96. The minimum atomic E-state index is -0.363. The van der Waals surface area contributed by atoms with Crippen molar-refractivity contribution in [3.8, 4) is 0 Å². The maximum Gasteiger partial charge on any atom is 0.336 e. The van der Waals surface area contributed by atoms with Crippen molar-refractivity contribution in [1.82, 2.24) is 0 Å². The van der Waals surface area contributed by atoms with Gasteiger partial charge in [-0.15, -0.1) is 0 Å². The molecule has 0 unspecified atom stereocenters. The fraction of sp³-hybridized carbons (Fsp3) is 0.389. The minimum Gasteiger partial charge on any atom is -0.464 e. The molecule has 0 aliphatic rings. The molecule has 1 aromatic carbocycles. The summed E-state index contributed by atoms with van der Waals surface area (Å²) < 4.78 is 26.5. The third-order valence-electron chi connectivity index (χ3n) is 3.73. The third-order valence-corrected chi connectivity index (χ3v) is 3.73. The summed E-state index contributed by atoms with van der Waals surface area (Å²) in [7, 11) is 1.63. The van der Waals surface area contributed by atoms with Crippen LogP contribution in [0.4, 0.5) is 0 Å². The Morgan fingerprint density at radius 2 is 1.83 bits per heavy atom. The molecular formula is C18H20O6. The summed E-state index contributed by atoms with van der Waals surface area (Å²) in [4.78, 5) is 11.6. The van der Waals surface area contributed by atoms with Crippen LogP contribution < -0.4 is 5.63 Å². The van der Waals surface area contributed by atoms with Gasteiger partial charge in [-0.2, -0.15) is 0 Å². The van der Waals surface area contributed by atoms with E-state index in [9.17, 15) is 4.79 Å². The largest absolute Gasteiger partial charge is 0.464 e. The molecule has 2 aromatic heterocycles. The highest BCUT2D eigenvalue weighted by Crippen LogP contribution is 2.29. The lowest BCUT2D eigenvalue weighted by atomic mass is 10.0. The van der Waals surface area contributed by atoms with Gasteiger partial charge in [-0.25, -0.2) is 4.79 Å². The molecule has 0 aliphatic carbocycles. The Morgan fingerprint density at radius 3 is 2.71 bits per heavy atom. The smallest absolute Gasteiger partial charge is 0.336 e. The summed E-state index contributed by atoms with van der Waals surface area (Å²) in [6, 6.07) is 7.07. The first-order valence-corrected chi connectivity index (χ1v) is 7.87. The van der Waals surface area contributed by atoms with Crippen LogP contribution in [-0.2, 0) is 20.6 Å². The van der Waals surface area contributed by atoms with Crippen molar-refractivity contribution in [2.45, 2.75) is 12.8 Å². The molecule has 128 valence electrons. The molecule has 3 rings (SSSR count). The SMILES string of the molecule is COCCOCOCCCc1c2occc2cc2ccc(=O)oc12. The third kappa shape index (κ3) is 3.84. The molecule has 3 aromatic rings. The highest BCUT2D eigenvalue weighted by atomic mass is 16.7. The molecule has 0 atom stereocenters. The van der Waals surface area contributed by atoms with E-state index in [1.54, 1.807) is 19.4 Å². The molecule has 2 heterocycles. The summed E-state index contributed by atoms with van der Waals surface area (Å²) in [6.45, 7) is 1.85. The van der Waals surface area contributed by atoms with E-state index in [4.69, 9.17) is 23.0 Å². The van der Waals surface area contributed by atoms with Crippen LogP contribution in [0.2, 0.25) is 0 Å². The Balaban J connectivity index is 1.67.